The van der Waals surface area contributed by atoms with Crippen molar-refractivity contribution in [1.82, 2.24) is 15.2 Å². The Bertz CT molecular complexity index is 408. The first-order chi connectivity index (χ1) is 7.74. The van der Waals surface area contributed by atoms with Crippen molar-refractivity contribution in [3.63, 3.8) is 0 Å². The van der Waals surface area contributed by atoms with Crippen molar-refractivity contribution < 1.29 is 4.79 Å². The van der Waals surface area contributed by atoms with Crippen LogP contribution in [0, 0.1) is 6.92 Å². The number of hydrogen-bond acceptors (Lipinski definition) is 3. The van der Waals surface area contributed by atoms with Gasteiger partial charge in [-0.25, -0.2) is 0 Å². The maximum atomic E-state index is 11.6. The van der Waals surface area contributed by atoms with Crippen LogP contribution < -0.4 is 5.32 Å². The number of nitrogens with one attached hydrogen (secondary N) is 2. The van der Waals surface area contributed by atoms with Crippen molar-refractivity contribution in [1.29, 1.82) is 0 Å². The molecule has 0 unspecified atom stereocenters. The molecular formula is C11H16N4O. The highest BCUT2D eigenvalue weighted by atomic mass is 16.1. The number of aryl methyl sites for hydroxylation is 1. The van der Waals surface area contributed by atoms with Crippen LogP contribution >= 0.6 is 0 Å². The molecule has 0 bridgehead atoms. The molecule has 0 fully saturated rings. The SMILES string of the molecule is Cc1nc(NC(=O)CC2=CCCCC2)n[nH]1. The monoisotopic (exact) mass is 220 g/mol. The normalized spacial score (nSPS) is 15.7. The van der Waals surface area contributed by atoms with Gasteiger partial charge in [0.25, 0.3) is 0 Å². The smallest absolute Gasteiger partial charge is 0.248 e. The van der Waals surface area contributed by atoms with Crippen molar-refractivity contribution in [3.05, 3.63) is 17.5 Å². The van der Waals surface area contributed by atoms with E-state index in [1.54, 1.807) is 6.92 Å². The van der Waals surface area contributed by atoms with Crippen LogP contribution in [-0.4, -0.2) is 21.1 Å². The second-order valence-corrected chi connectivity index (χ2v) is 4.08. The number of nitrogens with zero attached hydrogens (tertiary/aromatic N) is 2. The molecule has 0 spiro atoms. The number of amides is 1. The fourth-order valence-electron chi connectivity index (χ4n) is 1.84. The van der Waals surface area contributed by atoms with Gasteiger partial charge in [0, 0.05) is 6.42 Å². The topological polar surface area (TPSA) is 70.7 Å². The van der Waals surface area contributed by atoms with E-state index in [1.165, 1.54) is 18.4 Å². The highest BCUT2D eigenvalue weighted by molar-refractivity contribution is 5.90. The highest BCUT2D eigenvalue weighted by Crippen LogP contribution is 2.20. The summed E-state index contributed by atoms with van der Waals surface area (Å²) in [6, 6.07) is 0. The maximum absolute atomic E-state index is 11.6. The Morgan fingerprint density at radius 3 is 3.06 bits per heavy atom. The summed E-state index contributed by atoms with van der Waals surface area (Å²) < 4.78 is 0. The molecule has 1 aliphatic rings. The van der Waals surface area contributed by atoms with Gasteiger partial charge in [0.1, 0.15) is 5.82 Å². The second kappa shape index (κ2) is 4.92. The van der Waals surface area contributed by atoms with E-state index in [2.05, 4.69) is 26.6 Å². The van der Waals surface area contributed by atoms with Gasteiger partial charge in [-0.1, -0.05) is 11.6 Å². The highest BCUT2D eigenvalue weighted by Gasteiger charge is 2.10. The van der Waals surface area contributed by atoms with Crippen LogP contribution in [0.3, 0.4) is 0 Å². The average Bonchev–Trinajstić information content (AvgIpc) is 2.65. The van der Waals surface area contributed by atoms with Gasteiger partial charge in [0.15, 0.2) is 0 Å². The van der Waals surface area contributed by atoms with Crippen LogP contribution in [0.25, 0.3) is 0 Å². The molecule has 1 aromatic heterocycles. The molecule has 0 atom stereocenters. The number of carbonyl (C=O) groups excluding carboxylic acids is 1. The van der Waals surface area contributed by atoms with Gasteiger partial charge in [-0.05, 0) is 32.6 Å². The zero-order chi connectivity index (χ0) is 11.4. The minimum Gasteiger partial charge on any atom is -0.293 e. The summed E-state index contributed by atoms with van der Waals surface area (Å²) in [6.45, 7) is 1.80. The first-order valence-corrected chi connectivity index (χ1v) is 5.61. The Morgan fingerprint density at radius 2 is 2.44 bits per heavy atom. The molecule has 2 N–H and O–H groups in total. The van der Waals surface area contributed by atoms with Gasteiger partial charge in [-0.15, -0.1) is 5.10 Å². The summed E-state index contributed by atoms with van der Waals surface area (Å²) in [7, 11) is 0. The van der Waals surface area contributed by atoms with Crippen LogP contribution in [0.4, 0.5) is 5.95 Å². The fourth-order valence-corrected chi connectivity index (χ4v) is 1.84. The number of carbonyl (C=O) groups is 1. The van der Waals surface area contributed by atoms with E-state index in [1.807, 2.05) is 0 Å². The van der Waals surface area contributed by atoms with Crippen molar-refractivity contribution in [2.24, 2.45) is 0 Å². The molecular weight excluding hydrogens is 204 g/mol. The van der Waals surface area contributed by atoms with Crippen molar-refractivity contribution in [3.8, 4) is 0 Å². The Labute approximate surface area is 94.3 Å². The van der Waals surface area contributed by atoms with E-state index in [-0.39, 0.29) is 5.91 Å². The number of hydrogen-bond donors (Lipinski definition) is 2. The molecule has 1 aromatic rings. The molecule has 5 heteroatoms. The molecule has 0 saturated heterocycles. The van der Waals surface area contributed by atoms with E-state index < -0.39 is 0 Å². The van der Waals surface area contributed by atoms with Crippen molar-refractivity contribution in [2.45, 2.75) is 39.0 Å². The van der Waals surface area contributed by atoms with Crippen LogP contribution in [0.15, 0.2) is 11.6 Å². The van der Waals surface area contributed by atoms with E-state index >= 15 is 0 Å². The predicted octanol–water partition coefficient (Wildman–Crippen LogP) is 1.94. The quantitative estimate of drug-likeness (QED) is 0.765. The molecule has 2 rings (SSSR count). The van der Waals surface area contributed by atoms with Gasteiger partial charge in [-0.2, -0.15) is 4.98 Å². The molecule has 16 heavy (non-hydrogen) atoms. The molecule has 86 valence electrons. The van der Waals surface area contributed by atoms with E-state index in [9.17, 15) is 4.79 Å². The summed E-state index contributed by atoms with van der Waals surface area (Å²) in [5.41, 5.74) is 1.23. The Morgan fingerprint density at radius 1 is 1.56 bits per heavy atom. The lowest BCUT2D eigenvalue weighted by Crippen LogP contribution is -2.14. The van der Waals surface area contributed by atoms with Gasteiger partial charge >= 0.3 is 0 Å². The molecule has 0 radical (unpaired) electrons. The number of aromatic amines is 1. The Kier molecular flexibility index (Phi) is 3.34. The molecule has 1 aliphatic carbocycles. The van der Waals surface area contributed by atoms with Crippen LogP contribution in [0.1, 0.15) is 37.9 Å². The van der Waals surface area contributed by atoms with Crippen molar-refractivity contribution in [2.75, 3.05) is 5.32 Å². The lowest BCUT2D eigenvalue weighted by molar-refractivity contribution is -0.115. The summed E-state index contributed by atoms with van der Waals surface area (Å²) in [4.78, 5) is 15.7. The average molecular weight is 220 g/mol. The predicted molar refractivity (Wildman–Crippen MR) is 60.9 cm³/mol. The second-order valence-electron chi connectivity index (χ2n) is 4.08. The molecule has 1 heterocycles. The first-order valence-electron chi connectivity index (χ1n) is 5.61. The van der Waals surface area contributed by atoms with Gasteiger partial charge < -0.3 is 0 Å². The summed E-state index contributed by atoms with van der Waals surface area (Å²) in [5.74, 6) is 1.03. The molecule has 1 amide bonds. The first kappa shape index (κ1) is 10.9. The largest absolute Gasteiger partial charge is 0.293 e. The number of H-pyrrole nitrogens is 1. The van der Waals surface area contributed by atoms with E-state index in [0.29, 0.717) is 18.2 Å². The van der Waals surface area contributed by atoms with Crippen LogP contribution in [0.2, 0.25) is 0 Å². The molecule has 0 aliphatic heterocycles. The van der Waals surface area contributed by atoms with Gasteiger partial charge in [0.05, 0.1) is 0 Å². The minimum atomic E-state index is -0.0350. The lowest BCUT2D eigenvalue weighted by atomic mass is 9.97. The zero-order valence-electron chi connectivity index (χ0n) is 9.42. The summed E-state index contributed by atoms with van der Waals surface area (Å²) in [5, 5.41) is 9.23. The van der Waals surface area contributed by atoms with E-state index in [0.717, 1.165) is 12.8 Å². The third-order valence-corrected chi connectivity index (χ3v) is 2.62. The molecule has 0 saturated carbocycles. The molecule has 0 aromatic carbocycles. The summed E-state index contributed by atoms with van der Waals surface area (Å²) in [6.07, 6.45) is 7.22. The van der Waals surface area contributed by atoms with Gasteiger partial charge in [-0.3, -0.25) is 15.2 Å². The third-order valence-electron chi connectivity index (χ3n) is 2.62. The number of anilines is 1. The van der Waals surface area contributed by atoms with Gasteiger partial charge in [0.2, 0.25) is 11.9 Å². The minimum absolute atomic E-state index is 0.0350. The third kappa shape index (κ3) is 2.92. The summed E-state index contributed by atoms with van der Waals surface area (Å²) >= 11 is 0. The molecule has 5 nitrogen and oxygen atoms in total. The number of rotatable bonds is 3. The Balaban J connectivity index is 1.86. The maximum Gasteiger partial charge on any atom is 0.248 e. The van der Waals surface area contributed by atoms with Crippen LogP contribution in [-0.2, 0) is 4.79 Å². The number of allylic oxidation sites excluding steroid dienone is 1. The van der Waals surface area contributed by atoms with Crippen molar-refractivity contribution >= 4 is 11.9 Å². The number of aromatic nitrogens is 3. The Hall–Kier alpha value is -1.65. The fraction of sp³-hybridized carbons (Fsp3) is 0.545. The van der Waals surface area contributed by atoms with Crippen LogP contribution in [0.5, 0.6) is 0 Å². The zero-order valence-corrected chi connectivity index (χ0v) is 9.42. The standard InChI is InChI=1S/C11H16N4O/c1-8-12-11(15-14-8)13-10(16)7-9-5-3-2-4-6-9/h5H,2-4,6-7H2,1H3,(H2,12,13,14,15,16). The lowest BCUT2D eigenvalue weighted by Gasteiger charge is -2.11. The van der Waals surface area contributed by atoms with E-state index in [4.69, 9.17) is 0 Å².